The molecule has 1 atom stereocenters. The number of halogens is 3. The number of thioether (sulfide) groups is 1. The number of urea groups is 1. The van der Waals surface area contributed by atoms with Crippen LogP contribution in [0, 0.1) is 6.92 Å². The van der Waals surface area contributed by atoms with Crippen LogP contribution in [0.4, 0.5) is 23.7 Å². The molecule has 9 nitrogen and oxygen atoms in total. The number of rotatable bonds is 8. The molecular formula is C32H31F3N6O3S. The number of aryl methyl sites for hydroxylation is 1. The number of carbonyl (C=O) groups excluding carboxylic acids is 2. The minimum atomic E-state index is -4.77. The maximum atomic E-state index is 13.1. The number of nitrogens with zero attached hydrogens (tertiary/aromatic N) is 5. The van der Waals surface area contributed by atoms with E-state index in [1.165, 1.54) is 47.0 Å². The smallest absolute Gasteiger partial charge is 0.406 e. The largest absolute Gasteiger partial charge is 0.573 e. The lowest BCUT2D eigenvalue weighted by Crippen LogP contribution is -2.33. The third kappa shape index (κ3) is 7.54. The molecule has 4 aromatic rings. The van der Waals surface area contributed by atoms with Crippen LogP contribution in [0.5, 0.6) is 5.75 Å². The van der Waals surface area contributed by atoms with E-state index in [4.69, 9.17) is 0 Å². The van der Waals surface area contributed by atoms with Crippen molar-refractivity contribution in [3.05, 3.63) is 89.7 Å². The molecule has 1 aliphatic heterocycles. The molecular weight excluding hydrogens is 605 g/mol. The summed E-state index contributed by atoms with van der Waals surface area (Å²) in [6.07, 6.45) is -2.70. The summed E-state index contributed by atoms with van der Waals surface area (Å²) in [5.41, 5.74) is 4.84. The maximum absolute atomic E-state index is 13.1. The number of aliphatic imine (C=N–C) groups is 1. The van der Waals surface area contributed by atoms with Gasteiger partial charge in [-0.25, -0.2) is 14.5 Å². The summed E-state index contributed by atoms with van der Waals surface area (Å²) < 4.78 is 42.7. The van der Waals surface area contributed by atoms with Gasteiger partial charge in [0, 0.05) is 5.56 Å². The molecule has 0 spiro atoms. The van der Waals surface area contributed by atoms with Gasteiger partial charge >= 0.3 is 12.4 Å². The van der Waals surface area contributed by atoms with Crippen LogP contribution in [0.2, 0.25) is 0 Å². The van der Waals surface area contributed by atoms with Gasteiger partial charge in [-0.1, -0.05) is 68.9 Å². The third-order valence-electron chi connectivity index (χ3n) is 7.12. The van der Waals surface area contributed by atoms with Crippen molar-refractivity contribution in [1.82, 2.24) is 20.1 Å². The average Bonchev–Trinajstić information content (AvgIpc) is 3.62. The Balaban J connectivity index is 1.28. The molecule has 234 valence electrons. The van der Waals surface area contributed by atoms with Crippen molar-refractivity contribution in [2.75, 3.05) is 10.7 Å². The first kappa shape index (κ1) is 31.8. The van der Waals surface area contributed by atoms with Crippen molar-refractivity contribution in [3.63, 3.8) is 0 Å². The lowest BCUT2D eigenvalue weighted by atomic mass is 9.99. The van der Waals surface area contributed by atoms with Gasteiger partial charge in [0.05, 0.1) is 23.2 Å². The van der Waals surface area contributed by atoms with Crippen molar-refractivity contribution in [2.45, 2.75) is 52.4 Å². The number of nitrogens with one attached hydrogen (secondary N) is 1. The molecule has 0 radical (unpaired) electrons. The number of ether oxygens (including phenoxy) is 1. The summed E-state index contributed by atoms with van der Waals surface area (Å²) in [5.74, 6) is 0.354. The number of hydrogen-bond acceptors (Lipinski definition) is 6. The van der Waals surface area contributed by atoms with Crippen LogP contribution in [0.25, 0.3) is 17.1 Å². The minimum Gasteiger partial charge on any atom is -0.406 e. The average molecular weight is 637 g/mol. The van der Waals surface area contributed by atoms with E-state index in [1.54, 1.807) is 4.90 Å². The Hall–Kier alpha value is -4.65. The molecule has 1 N–H and O–H groups in total. The van der Waals surface area contributed by atoms with Crippen molar-refractivity contribution < 1.29 is 27.5 Å². The molecule has 2 heterocycles. The summed E-state index contributed by atoms with van der Waals surface area (Å²) in [6, 6.07) is 17.8. The van der Waals surface area contributed by atoms with Crippen molar-refractivity contribution >= 4 is 34.6 Å². The number of benzene rings is 3. The normalized spacial score (nSPS) is 15.2. The summed E-state index contributed by atoms with van der Waals surface area (Å²) in [7, 11) is 0. The Morgan fingerprint density at radius 3 is 2.44 bits per heavy atom. The van der Waals surface area contributed by atoms with Crippen LogP contribution in [0.15, 0.2) is 78.0 Å². The fourth-order valence-electron chi connectivity index (χ4n) is 4.89. The topological polar surface area (TPSA) is 102 Å². The molecule has 1 aliphatic rings. The molecule has 1 unspecified atom stereocenters. The van der Waals surface area contributed by atoms with Gasteiger partial charge in [0.1, 0.15) is 12.1 Å². The van der Waals surface area contributed by atoms with E-state index in [2.05, 4.69) is 39.0 Å². The fourth-order valence-corrected chi connectivity index (χ4v) is 5.75. The van der Waals surface area contributed by atoms with E-state index in [0.717, 1.165) is 22.4 Å². The standard InChI is InChI=1S/C32H31F3N6O3S/c1-5-26(37-30(43)38-31-41(28(42)17-45-31)27-16-20(4)6-15-25(27)19(2)3)21-7-9-22(10-8-21)29-36-18-40(39-29)23-11-13-24(14-12-23)44-32(33,34)35/h6-16,18-19,26H,5,17H2,1-4H3,(H,37,43)/b38-31-. The van der Waals surface area contributed by atoms with Gasteiger partial charge in [0.2, 0.25) is 5.91 Å². The molecule has 3 amide bonds. The lowest BCUT2D eigenvalue weighted by molar-refractivity contribution is -0.274. The van der Waals surface area contributed by atoms with Crippen LogP contribution in [-0.4, -0.2) is 44.0 Å². The van der Waals surface area contributed by atoms with Crippen LogP contribution < -0.4 is 15.0 Å². The molecule has 45 heavy (non-hydrogen) atoms. The van der Waals surface area contributed by atoms with Crippen molar-refractivity contribution in [1.29, 1.82) is 0 Å². The van der Waals surface area contributed by atoms with E-state index >= 15 is 0 Å². The van der Waals surface area contributed by atoms with Gasteiger partial charge in [-0.3, -0.25) is 9.69 Å². The summed E-state index contributed by atoms with van der Waals surface area (Å²) in [4.78, 5) is 36.1. The molecule has 13 heteroatoms. The molecule has 0 aliphatic carbocycles. The summed E-state index contributed by atoms with van der Waals surface area (Å²) in [5, 5.41) is 7.74. The number of carbonyl (C=O) groups is 2. The predicted octanol–water partition coefficient (Wildman–Crippen LogP) is 7.56. The summed E-state index contributed by atoms with van der Waals surface area (Å²) >= 11 is 1.24. The minimum absolute atomic E-state index is 0.120. The molecule has 0 bridgehead atoms. The number of amides is 3. The summed E-state index contributed by atoms with van der Waals surface area (Å²) in [6.45, 7) is 8.02. The van der Waals surface area contributed by atoms with Gasteiger partial charge in [-0.05, 0) is 66.3 Å². The van der Waals surface area contributed by atoms with Gasteiger partial charge in [0.25, 0.3) is 0 Å². The highest BCUT2D eigenvalue weighted by molar-refractivity contribution is 8.15. The molecule has 0 saturated carbocycles. The zero-order valence-corrected chi connectivity index (χ0v) is 25.8. The van der Waals surface area contributed by atoms with Crippen LogP contribution in [0.3, 0.4) is 0 Å². The highest BCUT2D eigenvalue weighted by atomic mass is 32.2. The van der Waals surface area contributed by atoms with Gasteiger partial charge in [-0.15, -0.1) is 18.3 Å². The van der Waals surface area contributed by atoms with E-state index in [0.29, 0.717) is 28.7 Å². The van der Waals surface area contributed by atoms with Crippen LogP contribution in [0.1, 0.15) is 55.8 Å². The zero-order chi connectivity index (χ0) is 32.3. The lowest BCUT2D eigenvalue weighted by Gasteiger charge is -2.22. The van der Waals surface area contributed by atoms with Gasteiger partial charge in [-0.2, -0.15) is 4.99 Å². The van der Waals surface area contributed by atoms with E-state index in [1.807, 2.05) is 56.3 Å². The molecule has 5 rings (SSSR count). The van der Waals surface area contributed by atoms with Gasteiger partial charge in [0.15, 0.2) is 11.0 Å². The zero-order valence-electron chi connectivity index (χ0n) is 25.0. The Labute approximate surface area is 262 Å². The quantitative estimate of drug-likeness (QED) is 0.214. The number of hydrogen-bond donors (Lipinski definition) is 1. The monoisotopic (exact) mass is 636 g/mol. The molecule has 1 fully saturated rings. The fraction of sp³-hybridized carbons (Fsp3) is 0.281. The highest BCUT2D eigenvalue weighted by Gasteiger charge is 2.33. The molecule has 1 saturated heterocycles. The first-order valence-corrected chi connectivity index (χ1v) is 15.2. The van der Waals surface area contributed by atoms with Crippen LogP contribution in [-0.2, 0) is 4.79 Å². The first-order chi connectivity index (χ1) is 21.4. The predicted molar refractivity (Wildman–Crippen MR) is 168 cm³/mol. The Kier molecular flexibility index (Phi) is 9.28. The molecule has 1 aromatic heterocycles. The Morgan fingerprint density at radius 1 is 1.09 bits per heavy atom. The second-order valence-electron chi connectivity index (χ2n) is 10.7. The Morgan fingerprint density at radius 2 is 1.80 bits per heavy atom. The highest BCUT2D eigenvalue weighted by Crippen LogP contribution is 2.34. The SMILES string of the molecule is CCC(NC(=O)/N=C1\SCC(=O)N1c1cc(C)ccc1C(C)C)c1ccc(-c2ncn(-c3ccc(OC(F)(F)F)cc3)n2)cc1. The van der Waals surface area contributed by atoms with E-state index in [-0.39, 0.29) is 29.4 Å². The van der Waals surface area contributed by atoms with E-state index < -0.39 is 12.4 Å². The van der Waals surface area contributed by atoms with Crippen molar-refractivity contribution in [2.24, 2.45) is 4.99 Å². The number of alkyl halides is 3. The molecule has 3 aromatic carbocycles. The number of aromatic nitrogens is 3. The Bertz CT molecular complexity index is 1720. The third-order valence-corrected chi connectivity index (χ3v) is 8.04. The second kappa shape index (κ2) is 13.1. The number of amidine groups is 1. The van der Waals surface area contributed by atoms with Gasteiger partial charge < -0.3 is 10.1 Å². The van der Waals surface area contributed by atoms with E-state index in [9.17, 15) is 22.8 Å². The number of anilines is 1. The maximum Gasteiger partial charge on any atom is 0.573 e. The van der Waals surface area contributed by atoms with Crippen LogP contribution >= 0.6 is 11.8 Å². The van der Waals surface area contributed by atoms with Crippen molar-refractivity contribution in [3.8, 4) is 22.8 Å². The second-order valence-corrected chi connectivity index (χ2v) is 11.7. The first-order valence-electron chi connectivity index (χ1n) is 14.3.